The molecule has 1 heterocycles. The van der Waals surface area contributed by atoms with E-state index in [2.05, 4.69) is 18.4 Å². The van der Waals surface area contributed by atoms with Crippen molar-refractivity contribution < 1.29 is 0 Å². The van der Waals surface area contributed by atoms with E-state index in [0.717, 1.165) is 16.6 Å². The average molecular weight is 212 g/mol. The first-order chi connectivity index (χ1) is 6.22. The molecule has 0 amide bonds. The van der Waals surface area contributed by atoms with Gasteiger partial charge in [0, 0.05) is 16.5 Å². The van der Waals surface area contributed by atoms with Crippen LogP contribution in [0.25, 0.3) is 0 Å². The molecule has 68 valence electrons. The Morgan fingerprint density at radius 2 is 2.31 bits per heavy atom. The van der Waals surface area contributed by atoms with Gasteiger partial charge < -0.3 is 4.90 Å². The molecule has 0 aromatic heterocycles. The van der Waals surface area contributed by atoms with Crippen LogP contribution in [0.4, 0.5) is 5.69 Å². The maximum Gasteiger partial charge on any atom is 0.0728 e. The number of thioether (sulfide) groups is 1. The van der Waals surface area contributed by atoms with Crippen molar-refractivity contribution in [1.82, 2.24) is 0 Å². The van der Waals surface area contributed by atoms with Crippen molar-refractivity contribution in [2.45, 2.75) is 11.8 Å². The molecule has 0 aliphatic carbocycles. The van der Waals surface area contributed by atoms with E-state index in [0.29, 0.717) is 0 Å². The van der Waals surface area contributed by atoms with Gasteiger partial charge in [-0.1, -0.05) is 29.9 Å². The Morgan fingerprint density at radius 3 is 3.00 bits per heavy atom. The van der Waals surface area contributed by atoms with Gasteiger partial charge in [0.15, 0.2) is 0 Å². The molecule has 0 saturated heterocycles. The monoisotopic (exact) mass is 211 g/mol. The summed E-state index contributed by atoms with van der Waals surface area (Å²) in [5.74, 6) is 0. The highest BCUT2D eigenvalue weighted by atomic mass is 35.5. The summed E-state index contributed by atoms with van der Waals surface area (Å²) >= 11 is 7.63. The maximum absolute atomic E-state index is 5.93. The molecule has 1 aromatic rings. The van der Waals surface area contributed by atoms with E-state index in [4.69, 9.17) is 11.6 Å². The summed E-state index contributed by atoms with van der Waals surface area (Å²) in [5, 5.41) is 1.87. The number of hydrogen-bond donors (Lipinski definition) is 0. The van der Waals surface area contributed by atoms with Crippen LogP contribution in [-0.4, -0.2) is 6.54 Å². The van der Waals surface area contributed by atoms with E-state index < -0.39 is 0 Å². The lowest BCUT2D eigenvalue weighted by atomic mass is 10.3. The van der Waals surface area contributed by atoms with Crippen LogP contribution in [-0.2, 0) is 0 Å². The Bertz CT molecular complexity index is 362. The molecule has 0 spiro atoms. The van der Waals surface area contributed by atoms with Crippen LogP contribution < -0.4 is 4.90 Å². The molecule has 1 aliphatic heterocycles. The van der Waals surface area contributed by atoms with Crippen LogP contribution >= 0.6 is 23.4 Å². The molecule has 0 N–H and O–H groups in total. The van der Waals surface area contributed by atoms with Gasteiger partial charge in [0.25, 0.3) is 0 Å². The number of benzene rings is 1. The Morgan fingerprint density at radius 1 is 1.54 bits per heavy atom. The smallest absolute Gasteiger partial charge is 0.0728 e. The Hall–Kier alpha value is -0.600. The third kappa shape index (κ3) is 1.45. The summed E-state index contributed by atoms with van der Waals surface area (Å²) in [6, 6.07) is 5.95. The van der Waals surface area contributed by atoms with Crippen molar-refractivity contribution in [2.24, 2.45) is 0 Å². The highest BCUT2D eigenvalue weighted by molar-refractivity contribution is 8.03. The number of anilines is 1. The molecule has 0 saturated carbocycles. The van der Waals surface area contributed by atoms with E-state index in [9.17, 15) is 0 Å². The van der Waals surface area contributed by atoms with Crippen molar-refractivity contribution >= 4 is 29.1 Å². The lowest BCUT2D eigenvalue weighted by molar-refractivity contribution is 1.01. The third-order valence-corrected chi connectivity index (χ3v) is 3.31. The summed E-state index contributed by atoms with van der Waals surface area (Å²) in [6.07, 6.45) is 0. The summed E-state index contributed by atoms with van der Waals surface area (Å²) in [6.45, 7) is 7.05. The van der Waals surface area contributed by atoms with Crippen molar-refractivity contribution in [3.05, 3.63) is 34.8 Å². The van der Waals surface area contributed by atoms with Gasteiger partial charge in [-0.25, -0.2) is 0 Å². The van der Waals surface area contributed by atoms with Gasteiger partial charge in [0.05, 0.1) is 10.7 Å². The van der Waals surface area contributed by atoms with Gasteiger partial charge in [-0.3, -0.25) is 0 Å². The quantitative estimate of drug-likeness (QED) is 0.696. The van der Waals surface area contributed by atoms with Crippen LogP contribution in [0.2, 0.25) is 5.02 Å². The van der Waals surface area contributed by atoms with Gasteiger partial charge in [0.1, 0.15) is 0 Å². The largest absolute Gasteiger partial charge is 0.336 e. The Labute approximate surface area is 87.4 Å². The topological polar surface area (TPSA) is 3.24 Å². The Balaban J connectivity index is 2.50. The number of hydrogen-bond acceptors (Lipinski definition) is 2. The summed E-state index contributed by atoms with van der Waals surface area (Å²) in [4.78, 5) is 3.42. The van der Waals surface area contributed by atoms with E-state index in [1.54, 1.807) is 11.8 Å². The fourth-order valence-electron chi connectivity index (χ4n) is 1.45. The van der Waals surface area contributed by atoms with Crippen LogP contribution in [0.15, 0.2) is 34.7 Å². The second-order valence-electron chi connectivity index (χ2n) is 2.85. The molecular weight excluding hydrogens is 202 g/mol. The van der Waals surface area contributed by atoms with Gasteiger partial charge in [-0.15, -0.1) is 0 Å². The van der Waals surface area contributed by atoms with Crippen molar-refractivity contribution in [1.29, 1.82) is 0 Å². The number of halogens is 1. The standard InChI is InChI=1S/C10H10ClNS/c1-3-12-7(2)13-10-5-4-8(11)6-9(10)12/h4-6H,2-3H2,1H3. The molecule has 13 heavy (non-hydrogen) atoms. The molecule has 1 nitrogen and oxygen atoms in total. The fourth-order valence-corrected chi connectivity index (χ4v) is 2.62. The molecule has 2 rings (SSSR count). The second kappa shape index (κ2) is 3.28. The van der Waals surface area contributed by atoms with Crippen molar-refractivity contribution in [3.8, 4) is 0 Å². The first kappa shape index (κ1) is 8.97. The average Bonchev–Trinajstić information content (AvgIpc) is 2.40. The lowest BCUT2D eigenvalue weighted by Gasteiger charge is -2.16. The van der Waals surface area contributed by atoms with E-state index in [-0.39, 0.29) is 0 Å². The summed E-state index contributed by atoms with van der Waals surface area (Å²) in [7, 11) is 0. The van der Waals surface area contributed by atoms with E-state index in [1.165, 1.54) is 10.6 Å². The first-order valence-electron chi connectivity index (χ1n) is 4.16. The minimum Gasteiger partial charge on any atom is -0.336 e. The van der Waals surface area contributed by atoms with Crippen molar-refractivity contribution in [2.75, 3.05) is 11.4 Å². The van der Waals surface area contributed by atoms with Crippen LogP contribution in [0.1, 0.15) is 6.92 Å². The predicted octanol–water partition coefficient (Wildman–Crippen LogP) is 3.74. The lowest BCUT2D eigenvalue weighted by Crippen LogP contribution is -2.15. The highest BCUT2D eigenvalue weighted by Gasteiger charge is 2.21. The number of fused-ring (bicyclic) bond motifs is 1. The number of rotatable bonds is 1. The summed E-state index contributed by atoms with van der Waals surface area (Å²) in [5.41, 5.74) is 1.19. The zero-order chi connectivity index (χ0) is 9.42. The number of nitrogens with zero attached hydrogens (tertiary/aromatic N) is 1. The Kier molecular flexibility index (Phi) is 2.26. The normalized spacial score (nSPS) is 14.9. The van der Waals surface area contributed by atoms with Gasteiger partial charge in [-0.2, -0.15) is 0 Å². The fraction of sp³-hybridized carbons (Fsp3) is 0.200. The van der Waals surface area contributed by atoms with Gasteiger partial charge in [-0.05, 0) is 25.1 Å². The second-order valence-corrected chi connectivity index (χ2v) is 4.40. The molecule has 0 atom stereocenters. The highest BCUT2D eigenvalue weighted by Crippen LogP contribution is 2.45. The zero-order valence-electron chi connectivity index (χ0n) is 7.38. The summed E-state index contributed by atoms with van der Waals surface area (Å²) < 4.78 is 0. The van der Waals surface area contributed by atoms with E-state index >= 15 is 0 Å². The molecule has 1 aromatic carbocycles. The van der Waals surface area contributed by atoms with Crippen molar-refractivity contribution in [3.63, 3.8) is 0 Å². The van der Waals surface area contributed by atoms with E-state index in [1.807, 2.05) is 18.2 Å². The molecule has 3 heteroatoms. The SMILES string of the molecule is C=C1Sc2ccc(Cl)cc2N1CC. The van der Waals surface area contributed by atoms with Crippen LogP contribution in [0, 0.1) is 0 Å². The molecule has 0 fully saturated rings. The zero-order valence-corrected chi connectivity index (χ0v) is 8.95. The minimum absolute atomic E-state index is 0.785. The molecule has 0 unspecified atom stereocenters. The van der Waals surface area contributed by atoms with Crippen LogP contribution in [0.3, 0.4) is 0 Å². The molecule has 0 bridgehead atoms. The minimum atomic E-state index is 0.785. The first-order valence-corrected chi connectivity index (χ1v) is 5.35. The maximum atomic E-state index is 5.93. The molecule has 0 radical (unpaired) electrons. The molecular formula is C10H10ClNS. The third-order valence-electron chi connectivity index (χ3n) is 2.06. The van der Waals surface area contributed by atoms with Gasteiger partial charge in [0.2, 0.25) is 0 Å². The van der Waals surface area contributed by atoms with Crippen LogP contribution in [0.5, 0.6) is 0 Å². The van der Waals surface area contributed by atoms with Gasteiger partial charge >= 0.3 is 0 Å². The molecule has 1 aliphatic rings. The predicted molar refractivity (Wildman–Crippen MR) is 59.5 cm³/mol.